The summed E-state index contributed by atoms with van der Waals surface area (Å²) < 4.78 is 8.83. The van der Waals surface area contributed by atoms with Gasteiger partial charge in [-0.05, 0) is 101 Å². The second kappa shape index (κ2) is 13.1. The second-order valence-electron chi connectivity index (χ2n) is 15.4. The Labute approximate surface area is 291 Å². The maximum Gasteiger partial charge on any atom is 0.137 e. The van der Waals surface area contributed by atoms with E-state index in [0.29, 0.717) is 11.8 Å². The lowest BCUT2D eigenvalue weighted by Gasteiger charge is -2.23. The Morgan fingerprint density at radius 2 is 1.33 bits per heavy atom. The van der Waals surface area contributed by atoms with Crippen molar-refractivity contribution in [2.45, 2.75) is 66.7 Å². The van der Waals surface area contributed by atoms with E-state index in [1.165, 1.54) is 33.2 Å². The largest absolute Gasteiger partial charge is 0.457 e. The molecule has 0 fully saturated rings. The Morgan fingerprint density at radius 3 is 2.04 bits per heavy atom. The van der Waals surface area contributed by atoms with Gasteiger partial charge in [-0.15, -0.1) is 0 Å². The van der Waals surface area contributed by atoms with Gasteiger partial charge in [0, 0.05) is 52.9 Å². The van der Waals surface area contributed by atoms with Crippen LogP contribution in [0.25, 0.3) is 27.6 Å². The van der Waals surface area contributed by atoms with Crippen LogP contribution in [-0.2, 0) is 18.3 Å². The molecule has 1 aliphatic rings. The Bertz CT molecular complexity index is 2120. The van der Waals surface area contributed by atoms with Crippen molar-refractivity contribution in [3.05, 3.63) is 132 Å². The Kier molecular flexibility index (Phi) is 8.70. The summed E-state index contributed by atoms with van der Waals surface area (Å²) in [6, 6.07) is 34.8. The van der Waals surface area contributed by atoms with E-state index in [1.54, 1.807) is 0 Å². The van der Waals surface area contributed by atoms with Crippen LogP contribution in [0.15, 0.2) is 116 Å². The van der Waals surface area contributed by atoms with Gasteiger partial charge in [-0.2, -0.15) is 0 Å². The third kappa shape index (κ3) is 6.94. The van der Waals surface area contributed by atoms with Crippen LogP contribution in [0.1, 0.15) is 65.2 Å². The number of rotatable bonds is 9. The SMILES string of the molecule is CC(C)Cc1cc(CC(C)C)cc(N2C=CN(c3cccc(Oc4ccc5c6ccccc6n(-c6cc(C(C)(C)C)ccn6)c5c4)c3)C2)c1. The number of ether oxygens (including phenoxy) is 1. The minimum atomic E-state index is 0.0196. The van der Waals surface area contributed by atoms with E-state index in [-0.39, 0.29) is 5.41 Å². The first-order chi connectivity index (χ1) is 23.5. The van der Waals surface area contributed by atoms with Crippen LogP contribution in [0.3, 0.4) is 0 Å². The molecule has 0 bridgehead atoms. The van der Waals surface area contributed by atoms with Gasteiger partial charge in [0.25, 0.3) is 0 Å². The maximum absolute atomic E-state index is 6.57. The number of pyridine rings is 1. The van der Waals surface area contributed by atoms with E-state index in [9.17, 15) is 0 Å². The highest BCUT2D eigenvalue weighted by atomic mass is 16.5. The van der Waals surface area contributed by atoms with E-state index in [2.05, 4.69) is 166 Å². The van der Waals surface area contributed by atoms with Crippen molar-refractivity contribution in [1.82, 2.24) is 9.55 Å². The summed E-state index contributed by atoms with van der Waals surface area (Å²) in [6.45, 7) is 16.6. The van der Waals surface area contributed by atoms with Crippen LogP contribution < -0.4 is 14.5 Å². The summed E-state index contributed by atoms with van der Waals surface area (Å²) in [7, 11) is 0. The molecule has 0 saturated carbocycles. The average molecular weight is 649 g/mol. The molecule has 7 rings (SSSR count). The number of nitrogens with zero attached hydrogens (tertiary/aromatic N) is 4. The van der Waals surface area contributed by atoms with Crippen LogP contribution in [0.5, 0.6) is 11.5 Å². The molecule has 0 spiro atoms. The molecule has 0 unspecified atom stereocenters. The zero-order valence-corrected chi connectivity index (χ0v) is 29.9. The van der Waals surface area contributed by atoms with E-state index >= 15 is 0 Å². The highest BCUT2D eigenvalue weighted by Gasteiger charge is 2.20. The van der Waals surface area contributed by atoms with Gasteiger partial charge in [0.15, 0.2) is 0 Å². The van der Waals surface area contributed by atoms with Crippen LogP contribution >= 0.6 is 0 Å². The van der Waals surface area contributed by atoms with Crippen molar-refractivity contribution in [2.75, 3.05) is 16.5 Å². The zero-order valence-electron chi connectivity index (χ0n) is 29.9. The first-order valence-corrected chi connectivity index (χ1v) is 17.6. The van der Waals surface area contributed by atoms with Crippen molar-refractivity contribution >= 4 is 33.2 Å². The van der Waals surface area contributed by atoms with Gasteiger partial charge in [0.05, 0.1) is 17.7 Å². The van der Waals surface area contributed by atoms with Gasteiger partial charge in [-0.3, -0.25) is 4.57 Å². The van der Waals surface area contributed by atoms with Crippen LogP contribution in [0.4, 0.5) is 11.4 Å². The summed E-state index contributed by atoms with van der Waals surface area (Å²) in [5.74, 6) is 3.75. The minimum absolute atomic E-state index is 0.0196. The highest BCUT2D eigenvalue weighted by Crippen LogP contribution is 2.37. The van der Waals surface area contributed by atoms with Crippen molar-refractivity contribution < 1.29 is 4.74 Å². The van der Waals surface area contributed by atoms with Gasteiger partial charge >= 0.3 is 0 Å². The molecule has 0 atom stereocenters. The molecule has 49 heavy (non-hydrogen) atoms. The normalized spacial score (nSPS) is 13.5. The second-order valence-corrected chi connectivity index (χ2v) is 15.4. The van der Waals surface area contributed by atoms with Crippen molar-refractivity contribution in [3.8, 4) is 17.3 Å². The monoisotopic (exact) mass is 648 g/mol. The Balaban J connectivity index is 1.16. The molecular weight excluding hydrogens is 601 g/mol. The highest BCUT2D eigenvalue weighted by molar-refractivity contribution is 6.09. The molecule has 5 heteroatoms. The fraction of sp³-hybridized carbons (Fsp3) is 0.295. The third-order valence-corrected chi connectivity index (χ3v) is 9.26. The number of hydrogen-bond acceptors (Lipinski definition) is 4. The molecular formula is C44H48N4O. The lowest BCUT2D eigenvalue weighted by molar-refractivity contribution is 0.483. The van der Waals surface area contributed by atoms with E-state index in [4.69, 9.17) is 9.72 Å². The summed E-state index contributed by atoms with van der Waals surface area (Å²) >= 11 is 0. The number of benzene rings is 4. The molecule has 0 radical (unpaired) electrons. The predicted octanol–water partition coefficient (Wildman–Crippen LogP) is 11.4. The van der Waals surface area contributed by atoms with Crippen molar-refractivity contribution in [1.29, 1.82) is 0 Å². The smallest absolute Gasteiger partial charge is 0.137 e. The first kappa shape index (κ1) is 32.5. The number of para-hydroxylation sites is 1. The molecule has 0 N–H and O–H groups in total. The fourth-order valence-corrected chi connectivity index (χ4v) is 6.97. The number of anilines is 2. The standard InChI is InChI=1S/C44H48N4O/c1-30(2)21-32-23-33(22-31(3)4)25-36(24-32)47-20-19-46(29-47)35-11-10-12-37(27-35)49-38-15-16-40-39-13-8-9-14-41(39)48(42(40)28-38)43-26-34(17-18-45-43)44(5,6)7/h8-20,23-28,30-31H,21-22,29H2,1-7H3. The van der Waals surface area contributed by atoms with Gasteiger partial charge in [-0.1, -0.05) is 78.8 Å². The molecule has 0 amide bonds. The van der Waals surface area contributed by atoms with Gasteiger partial charge in [0.1, 0.15) is 17.3 Å². The summed E-state index contributed by atoms with van der Waals surface area (Å²) in [5, 5.41) is 2.38. The molecule has 250 valence electrons. The van der Waals surface area contributed by atoms with Gasteiger partial charge in [-0.25, -0.2) is 4.98 Å². The minimum Gasteiger partial charge on any atom is -0.457 e. The van der Waals surface area contributed by atoms with Crippen molar-refractivity contribution in [3.63, 3.8) is 0 Å². The molecule has 1 aliphatic heterocycles. The lowest BCUT2D eigenvalue weighted by Crippen LogP contribution is -2.24. The molecule has 6 aromatic rings. The zero-order chi connectivity index (χ0) is 34.3. The van der Waals surface area contributed by atoms with Gasteiger partial charge in [0.2, 0.25) is 0 Å². The maximum atomic E-state index is 6.57. The topological polar surface area (TPSA) is 33.5 Å². The summed E-state index contributed by atoms with van der Waals surface area (Å²) in [4.78, 5) is 9.45. The summed E-state index contributed by atoms with van der Waals surface area (Å²) in [5.41, 5.74) is 8.65. The van der Waals surface area contributed by atoms with E-state index in [0.717, 1.165) is 53.5 Å². The molecule has 3 heterocycles. The first-order valence-electron chi connectivity index (χ1n) is 17.6. The van der Waals surface area contributed by atoms with Crippen LogP contribution in [0.2, 0.25) is 0 Å². The van der Waals surface area contributed by atoms with Crippen LogP contribution in [0, 0.1) is 11.8 Å². The molecule has 2 aromatic heterocycles. The fourth-order valence-electron chi connectivity index (χ4n) is 6.97. The third-order valence-electron chi connectivity index (χ3n) is 9.26. The molecule has 0 aliphatic carbocycles. The van der Waals surface area contributed by atoms with Crippen molar-refractivity contribution in [2.24, 2.45) is 11.8 Å². The lowest BCUT2D eigenvalue weighted by atomic mass is 9.88. The molecule has 5 nitrogen and oxygen atoms in total. The van der Waals surface area contributed by atoms with E-state index in [1.807, 2.05) is 12.3 Å². The predicted molar refractivity (Wildman–Crippen MR) is 206 cm³/mol. The Morgan fingerprint density at radius 1 is 0.653 bits per heavy atom. The Hall–Kier alpha value is -5.03. The number of fused-ring (bicyclic) bond motifs is 3. The van der Waals surface area contributed by atoms with Gasteiger partial charge < -0.3 is 14.5 Å². The van der Waals surface area contributed by atoms with Crippen LogP contribution in [-0.4, -0.2) is 16.2 Å². The molecule has 4 aromatic carbocycles. The van der Waals surface area contributed by atoms with E-state index < -0.39 is 0 Å². The quantitative estimate of drug-likeness (QED) is 0.156. The molecule has 0 saturated heterocycles. The number of hydrogen-bond donors (Lipinski definition) is 0. The number of aromatic nitrogens is 2. The summed E-state index contributed by atoms with van der Waals surface area (Å²) in [6.07, 6.45) is 8.46. The average Bonchev–Trinajstić information content (AvgIpc) is 3.67.